The van der Waals surface area contributed by atoms with Gasteiger partial charge in [-0.2, -0.15) is 4.72 Å². The van der Waals surface area contributed by atoms with Gasteiger partial charge in [-0.15, -0.1) is 0 Å². The van der Waals surface area contributed by atoms with Crippen molar-refractivity contribution in [1.82, 2.24) is 15.0 Å². The number of carbonyl (C=O) groups is 1. The Bertz CT molecular complexity index is 1370. The number of benzene rings is 3. The van der Waals surface area contributed by atoms with Crippen LogP contribution in [0.5, 0.6) is 0 Å². The number of rotatable bonds is 8. The minimum atomic E-state index is -4.02. The molecule has 0 bridgehead atoms. The van der Waals surface area contributed by atoms with E-state index in [4.69, 9.17) is 0 Å². The summed E-state index contributed by atoms with van der Waals surface area (Å²) in [4.78, 5) is 17.4. The first-order valence-electron chi connectivity index (χ1n) is 10.7. The molecule has 4 aromatic rings. The Hall–Kier alpha value is -3.55. The summed E-state index contributed by atoms with van der Waals surface area (Å²) in [5.74, 6) is -0.390. The number of amides is 1. The highest BCUT2D eigenvalue weighted by atomic mass is 32.2. The fourth-order valence-electron chi connectivity index (χ4n) is 3.70. The van der Waals surface area contributed by atoms with Crippen LogP contribution in [-0.2, 0) is 27.8 Å². The number of fused-ring (bicyclic) bond motifs is 1. The van der Waals surface area contributed by atoms with Crippen LogP contribution in [0.2, 0.25) is 0 Å². The number of aromatic nitrogens is 1. The van der Waals surface area contributed by atoms with E-state index in [-0.39, 0.29) is 17.2 Å². The van der Waals surface area contributed by atoms with Gasteiger partial charge in [-0.25, -0.2) is 8.42 Å². The van der Waals surface area contributed by atoms with Crippen LogP contribution in [0.25, 0.3) is 10.9 Å². The molecular weight excluding hydrogens is 434 g/mol. The fraction of sp³-hybridized carbons (Fsp3) is 0.154. The Kier molecular flexibility index (Phi) is 6.82. The number of para-hydroxylation sites is 1. The number of nitrogens with zero attached hydrogens (tertiary/aromatic N) is 1. The van der Waals surface area contributed by atoms with Crippen LogP contribution in [0, 0.1) is 6.92 Å². The molecule has 1 heterocycles. The first-order valence-corrected chi connectivity index (χ1v) is 12.1. The van der Waals surface area contributed by atoms with Gasteiger partial charge in [0.1, 0.15) is 10.9 Å². The molecule has 7 heteroatoms. The Morgan fingerprint density at radius 1 is 0.909 bits per heavy atom. The molecule has 0 aliphatic carbocycles. The Morgan fingerprint density at radius 2 is 1.64 bits per heavy atom. The van der Waals surface area contributed by atoms with Gasteiger partial charge in [0.2, 0.25) is 15.9 Å². The van der Waals surface area contributed by atoms with Crippen LogP contribution in [0.1, 0.15) is 16.7 Å². The van der Waals surface area contributed by atoms with Gasteiger partial charge < -0.3 is 5.32 Å². The van der Waals surface area contributed by atoms with Crippen molar-refractivity contribution in [3.8, 4) is 0 Å². The van der Waals surface area contributed by atoms with Crippen LogP contribution < -0.4 is 10.0 Å². The van der Waals surface area contributed by atoms with Gasteiger partial charge in [-0.1, -0.05) is 72.8 Å². The number of nitrogens with one attached hydrogen (secondary N) is 2. The number of carbonyl (C=O) groups excluding carboxylic acids is 1. The molecule has 0 saturated heterocycles. The minimum Gasteiger partial charge on any atom is -0.351 e. The summed E-state index contributed by atoms with van der Waals surface area (Å²) in [6, 6.07) is 24.6. The summed E-state index contributed by atoms with van der Waals surface area (Å²) >= 11 is 0. The molecule has 168 valence electrons. The second-order valence-corrected chi connectivity index (χ2v) is 9.52. The van der Waals surface area contributed by atoms with E-state index in [0.29, 0.717) is 17.4 Å². The number of hydrogen-bond acceptors (Lipinski definition) is 4. The Morgan fingerprint density at radius 3 is 2.42 bits per heavy atom. The third-order valence-electron chi connectivity index (χ3n) is 5.50. The molecule has 0 unspecified atom stereocenters. The predicted octanol–water partition coefficient (Wildman–Crippen LogP) is 3.75. The highest BCUT2D eigenvalue weighted by Gasteiger charge is 2.27. The zero-order valence-electron chi connectivity index (χ0n) is 18.2. The van der Waals surface area contributed by atoms with Crippen molar-refractivity contribution in [2.45, 2.75) is 30.8 Å². The van der Waals surface area contributed by atoms with E-state index >= 15 is 0 Å². The normalized spacial score (nSPS) is 12.4. The summed E-state index contributed by atoms with van der Waals surface area (Å²) in [7, 11) is -4.02. The molecule has 1 aromatic heterocycles. The topological polar surface area (TPSA) is 88.2 Å². The smallest absolute Gasteiger partial charge is 0.243 e. The van der Waals surface area contributed by atoms with Crippen LogP contribution in [-0.4, -0.2) is 25.4 Å². The maximum absolute atomic E-state index is 13.3. The summed E-state index contributed by atoms with van der Waals surface area (Å²) in [6.45, 7) is 2.29. The summed E-state index contributed by atoms with van der Waals surface area (Å²) in [5.41, 5.74) is 3.25. The molecule has 33 heavy (non-hydrogen) atoms. The van der Waals surface area contributed by atoms with E-state index in [0.717, 1.165) is 16.7 Å². The van der Waals surface area contributed by atoms with Gasteiger partial charge in [0.15, 0.2) is 0 Å². The maximum Gasteiger partial charge on any atom is 0.243 e. The van der Waals surface area contributed by atoms with E-state index in [2.05, 4.69) is 15.0 Å². The zero-order valence-corrected chi connectivity index (χ0v) is 19.0. The molecule has 1 amide bonds. The molecule has 0 spiro atoms. The average Bonchev–Trinajstić information content (AvgIpc) is 2.83. The number of hydrogen-bond donors (Lipinski definition) is 2. The van der Waals surface area contributed by atoms with Crippen molar-refractivity contribution >= 4 is 26.8 Å². The Balaban J connectivity index is 1.61. The Labute approximate surface area is 193 Å². The first-order chi connectivity index (χ1) is 15.9. The molecule has 0 aliphatic rings. The van der Waals surface area contributed by atoms with Crippen molar-refractivity contribution in [3.63, 3.8) is 0 Å². The summed E-state index contributed by atoms with van der Waals surface area (Å²) in [6.07, 6.45) is 1.77. The predicted molar refractivity (Wildman–Crippen MR) is 129 cm³/mol. The monoisotopic (exact) mass is 459 g/mol. The van der Waals surface area contributed by atoms with Gasteiger partial charge in [0.25, 0.3) is 0 Å². The maximum atomic E-state index is 13.3. The lowest BCUT2D eigenvalue weighted by molar-refractivity contribution is -0.122. The SMILES string of the molecule is Cc1ccccc1CNC(=O)[C@H](Cc1ccccc1)NS(=O)(=O)c1cccc2cccnc12. The van der Waals surface area contributed by atoms with Crippen LogP contribution in [0.15, 0.2) is 96.0 Å². The fourth-order valence-corrected chi connectivity index (χ4v) is 5.07. The first kappa shape index (κ1) is 22.6. The third kappa shape index (κ3) is 5.45. The van der Waals surface area contributed by atoms with Crippen LogP contribution in [0.4, 0.5) is 0 Å². The third-order valence-corrected chi connectivity index (χ3v) is 7.00. The number of sulfonamides is 1. The highest BCUT2D eigenvalue weighted by Crippen LogP contribution is 2.21. The van der Waals surface area contributed by atoms with Crippen molar-refractivity contribution in [2.75, 3.05) is 0 Å². The highest BCUT2D eigenvalue weighted by molar-refractivity contribution is 7.89. The van der Waals surface area contributed by atoms with E-state index in [1.807, 2.05) is 61.5 Å². The standard InChI is InChI=1S/C26H25N3O3S/c1-19-9-5-6-12-22(19)18-28-26(30)23(17-20-10-3-2-4-11-20)29-33(31,32)24-15-7-13-21-14-8-16-27-25(21)24/h2-16,23,29H,17-18H2,1H3,(H,28,30)/t23-/m0/s1. The lowest BCUT2D eigenvalue weighted by atomic mass is 10.1. The van der Waals surface area contributed by atoms with Gasteiger partial charge in [0, 0.05) is 18.1 Å². The number of pyridine rings is 1. The zero-order chi connectivity index (χ0) is 23.3. The molecule has 3 aromatic carbocycles. The largest absolute Gasteiger partial charge is 0.351 e. The molecule has 0 aliphatic heterocycles. The quantitative estimate of drug-likeness (QED) is 0.420. The van der Waals surface area contributed by atoms with Gasteiger partial charge in [-0.05, 0) is 42.2 Å². The van der Waals surface area contributed by atoms with Crippen LogP contribution in [0.3, 0.4) is 0 Å². The molecule has 6 nitrogen and oxygen atoms in total. The summed E-state index contributed by atoms with van der Waals surface area (Å²) < 4.78 is 29.3. The van der Waals surface area contributed by atoms with Gasteiger partial charge in [-0.3, -0.25) is 9.78 Å². The molecule has 2 N–H and O–H groups in total. The van der Waals surface area contributed by atoms with Crippen molar-refractivity contribution < 1.29 is 13.2 Å². The molecule has 0 saturated carbocycles. The van der Waals surface area contributed by atoms with Gasteiger partial charge >= 0.3 is 0 Å². The molecule has 4 rings (SSSR count). The van der Waals surface area contributed by atoms with E-state index in [1.54, 1.807) is 30.5 Å². The molecule has 0 fully saturated rings. The van der Waals surface area contributed by atoms with Gasteiger partial charge in [0.05, 0.1) is 5.52 Å². The number of aryl methyl sites for hydroxylation is 1. The van der Waals surface area contributed by atoms with E-state index in [9.17, 15) is 13.2 Å². The van der Waals surface area contributed by atoms with E-state index < -0.39 is 16.1 Å². The minimum absolute atomic E-state index is 0.0466. The second kappa shape index (κ2) is 9.94. The summed E-state index contributed by atoms with van der Waals surface area (Å²) in [5, 5.41) is 3.60. The molecule has 1 atom stereocenters. The second-order valence-electron chi connectivity index (χ2n) is 7.84. The van der Waals surface area contributed by atoms with E-state index in [1.165, 1.54) is 6.07 Å². The average molecular weight is 460 g/mol. The molecular formula is C26H25N3O3S. The van der Waals surface area contributed by atoms with Crippen molar-refractivity contribution in [1.29, 1.82) is 0 Å². The van der Waals surface area contributed by atoms with Crippen LogP contribution >= 0.6 is 0 Å². The lowest BCUT2D eigenvalue weighted by Gasteiger charge is -2.19. The van der Waals surface area contributed by atoms with Crippen molar-refractivity contribution in [3.05, 3.63) is 108 Å². The lowest BCUT2D eigenvalue weighted by Crippen LogP contribution is -2.47. The molecule has 0 radical (unpaired) electrons. The van der Waals surface area contributed by atoms with Crippen molar-refractivity contribution in [2.24, 2.45) is 0 Å².